The molecule has 0 radical (unpaired) electrons. The molecule has 0 spiro atoms. The second kappa shape index (κ2) is 6.56. The molecule has 0 aliphatic rings. The molecule has 0 aromatic rings. The molecule has 0 atom stereocenters. The fourth-order valence-electron chi connectivity index (χ4n) is 0.396. The van der Waals surface area contributed by atoms with E-state index in [1.807, 2.05) is 0 Å². The van der Waals surface area contributed by atoms with Gasteiger partial charge in [0.25, 0.3) is 0 Å². The van der Waals surface area contributed by atoms with Gasteiger partial charge in [-0.15, -0.1) is 0 Å². The minimum Gasteiger partial charge on any atom is -0.465 e. The van der Waals surface area contributed by atoms with Gasteiger partial charge in [0.2, 0.25) is 0 Å². The Kier molecular flexibility index (Phi) is 6.14. The number of esters is 2. The van der Waals surface area contributed by atoms with E-state index in [9.17, 15) is 9.59 Å². The summed E-state index contributed by atoms with van der Waals surface area (Å²) in [4.78, 5) is 22.1. The quantitative estimate of drug-likeness (QED) is 0.410. The van der Waals surface area contributed by atoms with E-state index in [-0.39, 0.29) is 9.81 Å². The summed E-state index contributed by atoms with van der Waals surface area (Å²) in [7, 11) is 4.53. The third-order valence-corrected chi connectivity index (χ3v) is 3.35. The van der Waals surface area contributed by atoms with Gasteiger partial charge in [-0.3, -0.25) is 0 Å². The Morgan fingerprint density at radius 3 is 1.43 bits per heavy atom. The van der Waals surface area contributed by atoms with Crippen LogP contribution in [-0.2, 0) is 19.1 Å². The van der Waals surface area contributed by atoms with E-state index in [1.54, 1.807) is 0 Å². The number of ether oxygens (including phenoxy) is 2. The third-order valence-electron chi connectivity index (χ3n) is 1.07. The van der Waals surface area contributed by atoms with E-state index in [0.29, 0.717) is 0 Å². The maximum atomic E-state index is 10.9. The van der Waals surface area contributed by atoms with E-state index in [1.165, 1.54) is 14.2 Å². The summed E-state index contributed by atoms with van der Waals surface area (Å²) in [5.41, 5.74) is 0. The minimum absolute atomic E-state index is 0.197. The predicted octanol–water partition coefficient (Wildman–Crippen LogP) is 1.74. The lowest BCUT2D eigenvalue weighted by molar-refractivity contribution is -0.136. The van der Waals surface area contributed by atoms with Crippen molar-refractivity contribution in [1.82, 2.24) is 0 Å². The van der Waals surface area contributed by atoms with Crippen molar-refractivity contribution in [3.8, 4) is 0 Å². The van der Waals surface area contributed by atoms with Gasteiger partial charge >= 0.3 is 11.9 Å². The van der Waals surface area contributed by atoms with E-state index < -0.39 is 11.9 Å². The largest absolute Gasteiger partial charge is 0.465 e. The second-order valence-corrected chi connectivity index (χ2v) is 4.32. The van der Waals surface area contributed by atoms with Crippen LogP contribution in [0.25, 0.3) is 0 Å². The number of carbonyl (C=O) groups excluding carboxylic acids is 2. The summed E-state index contributed by atoms with van der Waals surface area (Å²) >= 11 is 0. The lowest BCUT2D eigenvalue weighted by atomic mass is 10.6. The summed E-state index contributed by atoms with van der Waals surface area (Å²) < 4.78 is 8.83. The Morgan fingerprint density at radius 1 is 0.929 bits per heavy atom. The molecule has 0 aromatic heterocycles. The Morgan fingerprint density at radius 2 is 1.21 bits per heavy atom. The van der Waals surface area contributed by atoms with Crippen molar-refractivity contribution in [3.05, 3.63) is 23.0 Å². The summed E-state index contributed by atoms with van der Waals surface area (Å²) in [6, 6.07) is 0. The van der Waals surface area contributed by atoms with Gasteiger partial charge in [-0.05, 0) is 21.6 Å². The summed E-state index contributed by atoms with van der Waals surface area (Å²) in [6.45, 7) is 6.91. The van der Waals surface area contributed by atoms with Gasteiger partial charge in [0.1, 0.15) is 0 Å². The molecule has 0 bridgehead atoms. The first-order valence-corrected chi connectivity index (χ1v) is 5.56. The number of hydrogen-bond acceptors (Lipinski definition) is 6. The molecule has 0 aromatic carbocycles. The first-order valence-electron chi connectivity index (χ1n) is 3.42. The van der Waals surface area contributed by atoms with Gasteiger partial charge < -0.3 is 9.47 Å². The van der Waals surface area contributed by atoms with Crippen molar-refractivity contribution < 1.29 is 19.1 Å². The van der Waals surface area contributed by atoms with Gasteiger partial charge in [-0.2, -0.15) is 0 Å². The smallest absolute Gasteiger partial charge is 0.344 e. The van der Waals surface area contributed by atoms with Crippen molar-refractivity contribution in [3.63, 3.8) is 0 Å². The Hall–Kier alpha value is -0.880. The molecule has 0 amide bonds. The molecule has 0 unspecified atom stereocenters. The van der Waals surface area contributed by atoms with E-state index in [0.717, 1.165) is 21.6 Å². The summed E-state index contributed by atoms with van der Waals surface area (Å²) in [6.07, 6.45) is 0. The molecule has 4 nitrogen and oxygen atoms in total. The van der Waals surface area contributed by atoms with Gasteiger partial charge in [0.05, 0.1) is 24.0 Å². The standard InChI is InChI=1S/C8H10O4S2/c1-5(7(9)11-3)13-14-6(2)8(10)12-4/h1-2H2,3-4H3. The highest BCUT2D eigenvalue weighted by Gasteiger charge is 2.12. The normalized spacial score (nSPS) is 9.00. The third kappa shape index (κ3) is 4.38. The monoisotopic (exact) mass is 234 g/mol. The van der Waals surface area contributed by atoms with Gasteiger partial charge in [-0.25, -0.2) is 9.59 Å². The number of methoxy groups -OCH3 is 2. The molecule has 0 aliphatic heterocycles. The molecule has 0 aliphatic carbocycles. The molecule has 0 heterocycles. The van der Waals surface area contributed by atoms with Crippen LogP contribution in [-0.4, -0.2) is 26.2 Å². The molecule has 0 saturated heterocycles. The Balaban J connectivity index is 3.95. The Bertz CT molecular complexity index is 245. The molecule has 14 heavy (non-hydrogen) atoms. The molecule has 0 saturated carbocycles. The number of carbonyl (C=O) groups is 2. The highest BCUT2D eigenvalue weighted by Crippen LogP contribution is 2.35. The van der Waals surface area contributed by atoms with Crippen LogP contribution in [0, 0.1) is 0 Å². The Labute approximate surface area is 90.1 Å². The zero-order chi connectivity index (χ0) is 11.1. The van der Waals surface area contributed by atoms with Gasteiger partial charge in [0.15, 0.2) is 0 Å². The maximum absolute atomic E-state index is 10.9. The van der Waals surface area contributed by atoms with Gasteiger partial charge in [-0.1, -0.05) is 13.2 Å². The molecule has 78 valence electrons. The maximum Gasteiger partial charge on any atom is 0.344 e. The van der Waals surface area contributed by atoms with E-state index in [2.05, 4.69) is 22.6 Å². The van der Waals surface area contributed by atoms with Crippen LogP contribution in [0.4, 0.5) is 0 Å². The first-order chi connectivity index (χ1) is 6.52. The molecular weight excluding hydrogens is 224 g/mol. The zero-order valence-corrected chi connectivity index (χ0v) is 9.50. The lowest BCUT2D eigenvalue weighted by Crippen LogP contribution is -2.01. The van der Waals surface area contributed by atoms with Crippen molar-refractivity contribution in [2.45, 2.75) is 0 Å². The zero-order valence-electron chi connectivity index (χ0n) is 7.86. The van der Waals surface area contributed by atoms with E-state index >= 15 is 0 Å². The highest BCUT2D eigenvalue weighted by atomic mass is 33.1. The van der Waals surface area contributed by atoms with Crippen molar-refractivity contribution in [2.24, 2.45) is 0 Å². The minimum atomic E-state index is -0.528. The van der Waals surface area contributed by atoms with Crippen molar-refractivity contribution >= 4 is 33.5 Å². The van der Waals surface area contributed by atoms with Crippen LogP contribution < -0.4 is 0 Å². The fourth-order valence-corrected chi connectivity index (χ4v) is 1.91. The lowest BCUT2D eigenvalue weighted by Gasteiger charge is -2.03. The fraction of sp³-hybridized carbons (Fsp3) is 0.250. The topological polar surface area (TPSA) is 52.6 Å². The number of rotatable bonds is 5. The average Bonchev–Trinajstić information content (AvgIpc) is 2.22. The van der Waals surface area contributed by atoms with E-state index in [4.69, 9.17) is 0 Å². The molecule has 0 fully saturated rings. The summed E-state index contributed by atoms with van der Waals surface area (Å²) in [5, 5.41) is 0. The molecule has 0 N–H and O–H groups in total. The first kappa shape index (κ1) is 13.1. The van der Waals surface area contributed by atoms with Crippen LogP contribution in [0.2, 0.25) is 0 Å². The van der Waals surface area contributed by atoms with Crippen LogP contribution in [0.1, 0.15) is 0 Å². The highest BCUT2D eigenvalue weighted by molar-refractivity contribution is 8.80. The van der Waals surface area contributed by atoms with Gasteiger partial charge in [0, 0.05) is 0 Å². The average molecular weight is 234 g/mol. The summed E-state index contributed by atoms with van der Waals surface area (Å²) in [5.74, 6) is -1.06. The molecule has 0 rings (SSSR count). The number of hydrogen-bond donors (Lipinski definition) is 0. The predicted molar refractivity (Wildman–Crippen MR) is 57.5 cm³/mol. The molecule has 6 heteroatoms. The van der Waals surface area contributed by atoms with Crippen molar-refractivity contribution in [1.29, 1.82) is 0 Å². The SMILES string of the molecule is C=C(SSC(=C)C(=O)OC)C(=O)OC. The van der Waals surface area contributed by atoms with Crippen LogP contribution >= 0.6 is 21.6 Å². The van der Waals surface area contributed by atoms with Crippen LogP contribution in [0.15, 0.2) is 23.0 Å². The van der Waals surface area contributed by atoms with Crippen LogP contribution in [0.3, 0.4) is 0 Å². The van der Waals surface area contributed by atoms with Crippen LogP contribution in [0.5, 0.6) is 0 Å². The molecular formula is C8H10O4S2. The second-order valence-electron chi connectivity index (χ2n) is 2.00. The van der Waals surface area contributed by atoms with Crippen molar-refractivity contribution in [2.75, 3.05) is 14.2 Å².